The number of β-amino-alcohol motifs (C(OH)–C–C–N with tert-alkyl or cyclic N) is 1. The van der Waals surface area contributed by atoms with Crippen LogP contribution in [0, 0.1) is 13.8 Å². The highest BCUT2D eigenvalue weighted by atomic mass is 32.2. The van der Waals surface area contributed by atoms with Gasteiger partial charge < -0.3 is 10.0 Å². The predicted molar refractivity (Wildman–Crippen MR) is 71.5 cm³/mol. The number of hydrogen-bond acceptors (Lipinski definition) is 6. The van der Waals surface area contributed by atoms with Gasteiger partial charge in [0.1, 0.15) is 0 Å². The van der Waals surface area contributed by atoms with Crippen molar-refractivity contribution in [2.24, 2.45) is 0 Å². The predicted octanol–water partition coefficient (Wildman–Crippen LogP) is -0.808. The molecule has 1 aromatic rings. The minimum atomic E-state index is -3.34. The zero-order valence-corrected chi connectivity index (χ0v) is 12.0. The average Bonchev–Trinajstić information content (AvgIpc) is 2.56. The number of aromatic nitrogens is 2. The van der Waals surface area contributed by atoms with Crippen molar-refractivity contribution in [2.75, 3.05) is 24.2 Å². The van der Waals surface area contributed by atoms with Gasteiger partial charge in [-0.05, 0) is 19.9 Å². The quantitative estimate of drug-likeness (QED) is 0.755. The van der Waals surface area contributed by atoms with E-state index >= 15 is 0 Å². The molecule has 1 aliphatic heterocycles. The lowest BCUT2D eigenvalue weighted by Crippen LogP contribution is -2.42. The van der Waals surface area contributed by atoms with Crippen LogP contribution in [0.15, 0.2) is 6.07 Å². The van der Waals surface area contributed by atoms with Gasteiger partial charge in [-0.2, -0.15) is 0 Å². The third kappa shape index (κ3) is 3.62. The number of sulfonamides is 1. The number of hydrogen-bond donors (Lipinski definition) is 2. The van der Waals surface area contributed by atoms with Crippen LogP contribution in [0.3, 0.4) is 0 Å². The lowest BCUT2D eigenvalue weighted by molar-refractivity contribution is 0.174. The molecule has 2 heterocycles. The molecule has 7 nitrogen and oxygen atoms in total. The Morgan fingerprint density at radius 3 is 2.42 bits per heavy atom. The van der Waals surface area contributed by atoms with Crippen molar-refractivity contribution in [1.82, 2.24) is 14.7 Å². The zero-order chi connectivity index (χ0) is 14.2. The Kier molecular flexibility index (Phi) is 3.75. The molecule has 1 aliphatic rings. The Hall–Kier alpha value is -1.25. The van der Waals surface area contributed by atoms with Crippen LogP contribution >= 0.6 is 0 Å². The van der Waals surface area contributed by atoms with Crippen LogP contribution in [0.4, 0.5) is 5.95 Å². The van der Waals surface area contributed by atoms with E-state index in [0.717, 1.165) is 17.6 Å². The number of rotatable bonds is 3. The molecule has 0 amide bonds. The number of anilines is 1. The van der Waals surface area contributed by atoms with Gasteiger partial charge in [-0.3, -0.25) is 0 Å². The first-order chi connectivity index (χ1) is 8.74. The molecule has 8 heteroatoms. The Labute approximate surface area is 112 Å². The first-order valence-corrected chi connectivity index (χ1v) is 7.86. The molecule has 0 radical (unpaired) electrons. The summed E-state index contributed by atoms with van der Waals surface area (Å²) in [6, 6.07) is 1.34. The van der Waals surface area contributed by atoms with Crippen molar-refractivity contribution < 1.29 is 13.5 Å². The fourth-order valence-corrected chi connectivity index (χ4v) is 2.97. The minimum Gasteiger partial charge on any atom is -0.390 e. The lowest BCUT2D eigenvalue weighted by atomic mass is 10.2. The molecule has 0 spiro atoms. The third-order valence-electron chi connectivity index (χ3n) is 2.91. The Morgan fingerprint density at radius 2 is 1.89 bits per heavy atom. The average molecular weight is 286 g/mol. The van der Waals surface area contributed by atoms with Crippen LogP contribution < -0.4 is 9.62 Å². The molecule has 2 rings (SSSR count). The van der Waals surface area contributed by atoms with Gasteiger partial charge in [-0.15, -0.1) is 0 Å². The topological polar surface area (TPSA) is 95.4 Å². The largest absolute Gasteiger partial charge is 0.390 e. The molecule has 1 aromatic heterocycles. The Morgan fingerprint density at radius 1 is 1.32 bits per heavy atom. The second-order valence-electron chi connectivity index (χ2n) is 4.92. The van der Waals surface area contributed by atoms with E-state index in [-0.39, 0.29) is 0 Å². The summed E-state index contributed by atoms with van der Waals surface area (Å²) >= 11 is 0. The number of aliphatic hydroxyl groups is 1. The van der Waals surface area contributed by atoms with E-state index in [1.165, 1.54) is 0 Å². The molecule has 0 unspecified atom stereocenters. The van der Waals surface area contributed by atoms with Crippen molar-refractivity contribution in [3.63, 3.8) is 0 Å². The van der Waals surface area contributed by atoms with Crippen molar-refractivity contribution in [1.29, 1.82) is 0 Å². The molecule has 0 aromatic carbocycles. The molecular weight excluding hydrogens is 268 g/mol. The summed E-state index contributed by atoms with van der Waals surface area (Å²) in [6.07, 6.45) is 0.314. The molecular formula is C11H18N4O3S. The summed E-state index contributed by atoms with van der Waals surface area (Å²) in [5.41, 5.74) is 1.69. The molecule has 0 bridgehead atoms. The van der Waals surface area contributed by atoms with E-state index in [1.807, 2.05) is 19.9 Å². The Balaban J connectivity index is 2.16. The van der Waals surface area contributed by atoms with Gasteiger partial charge in [0.15, 0.2) is 0 Å². The smallest absolute Gasteiger partial charge is 0.225 e. The maximum Gasteiger partial charge on any atom is 0.225 e. The molecule has 0 saturated carbocycles. The third-order valence-corrected chi connectivity index (χ3v) is 3.64. The van der Waals surface area contributed by atoms with Crippen LogP contribution in [-0.2, 0) is 10.0 Å². The first kappa shape index (κ1) is 14.2. The minimum absolute atomic E-state index is 0.316. The van der Waals surface area contributed by atoms with Gasteiger partial charge in [0.2, 0.25) is 16.0 Å². The fraction of sp³-hybridized carbons (Fsp3) is 0.636. The van der Waals surface area contributed by atoms with Crippen LogP contribution in [0.25, 0.3) is 0 Å². The summed E-state index contributed by atoms with van der Waals surface area (Å²) < 4.78 is 24.8. The number of nitrogens with one attached hydrogen (secondary N) is 1. The van der Waals surface area contributed by atoms with Crippen LogP contribution in [0.1, 0.15) is 11.4 Å². The molecule has 1 fully saturated rings. The highest BCUT2D eigenvalue weighted by molar-refractivity contribution is 7.88. The summed E-state index contributed by atoms with van der Waals surface area (Å²) in [5.74, 6) is 0.523. The molecule has 19 heavy (non-hydrogen) atoms. The van der Waals surface area contributed by atoms with E-state index in [2.05, 4.69) is 14.7 Å². The summed E-state index contributed by atoms with van der Waals surface area (Å²) in [7, 11) is -3.34. The summed E-state index contributed by atoms with van der Waals surface area (Å²) in [4.78, 5) is 10.4. The number of aryl methyl sites for hydroxylation is 2. The molecule has 1 saturated heterocycles. The number of aliphatic hydroxyl groups excluding tert-OH is 1. The van der Waals surface area contributed by atoms with Crippen molar-refractivity contribution in [3.8, 4) is 0 Å². The van der Waals surface area contributed by atoms with Gasteiger partial charge >= 0.3 is 0 Å². The van der Waals surface area contributed by atoms with E-state index in [4.69, 9.17) is 0 Å². The van der Waals surface area contributed by atoms with Crippen LogP contribution in [0.5, 0.6) is 0 Å². The second kappa shape index (κ2) is 5.03. The Bertz CT molecular complexity index is 555. The van der Waals surface area contributed by atoms with Crippen molar-refractivity contribution in [3.05, 3.63) is 17.5 Å². The monoisotopic (exact) mass is 286 g/mol. The second-order valence-corrected chi connectivity index (χ2v) is 6.70. The summed E-state index contributed by atoms with van der Waals surface area (Å²) in [5, 5.41) is 9.90. The molecule has 2 N–H and O–H groups in total. The van der Waals surface area contributed by atoms with Crippen LogP contribution in [0.2, 0.25) is 0 Å². The van der Waals surface area contributed by atoms with Gasteiger partial charge in [0, 0.05) is 24.5 Å². The lowest BCUT2D eigenvalue weighted by Gasteiger charge is -2.16. The molecule has 0 aliphatic carbocycles. The first-order valence-electron chi connectivity index (χ1n) is 5.97. The van der Waals surface area contributed by atoms with E-state index < -0.39 is 22.2 Å². The zero-order valence-electron chi connectivity index (χ0n) is 11.2. The van der Waals surface area contributed by atoms with Gasteiger partial charge in [-0.1, -0.05) is 0 Å². The fourth-order valence-electron chi connectivity index (χ4n) is 2.19. The molecule has 2 atom stereocenters. The van der Waals surface area contributed by atoms with E-state index in [9.17, 15) is 13.5 Å². The van der Waals surface area contributed by atoms with Gasteiger partial charge in [-0.25, -0.2) is 23.1 Å². The van der Waals surface area contributed by atoms with Crippen molar-refractivity contribution >= 4 is 16.0 Å². The number of nitrogens with zero attached hydrogens (tertiary/aromatic N) is 3. The van der Waals surface area contributed by atoms with Crippen molar-refractivity contribution in [2.45, 2.75) is 26.0 Å². The standard InChI is InChI=1S/C11H18N4O3S/c1-7-4-8(2)13-11(12-7)15-5-9(10(16)6-15)14-19(3,17)18/h4,9-10,14,16H,5-6H2,1-3H3/t9-,10-/m1/s1. The van der Waals surface area contributed by atoms with Gasteiger partial charge in [0.25, 0.3) is 0 Å². The highest BCUT2D eigenvalue weighted by Gasteiger charge is 2.34. The van der Waals surface area contributed by atoms with E-state index in [0.29, 0.717) is 19.0 Å². The maximum absolute atomic E-state index is 11.2. The van der Waals surface area contributed by atoms with E-state index in [1.54, 1.807) is 4.90 Å². The summed E-state index contributed by atoms with van der Waals surface area (Å²) in [6.45, 7) is 4.42. The SMILES string of the molecule is Cc1cc(C)nc(N2C[C@@H](O)[C@H](NS(C)(=O)=O)C2)n1. The molecule has 106 valence electrons. The van der Waals surface area contributed by atoms with Gasteiger partial charge in [0.05, 0.1) is 18.4 Å². The maximum atomic E-state index is 11.2. The van der Waals surface area contributed by atoms with Crippen LogP contribution in [-0.4, -0.2) is 55.0 Å². The highest BCUT2D eigenvalue weighted by Crippen LogP contribution is 2.18. The normalized spacial score (nSPS) is 23.9.